The number of ether oxygens (including phenoxy) is 1. The fourth-order valence-electron chi connectivity index (χ4n) is 0.721. The summed E-state index contributed by atoms with van der Waals surface area (Å²) in [7, 11) is 1.09. The van der Waals surface area contributed by atoms with Crippen molar-refractivity contribution in [3.8, 4) is 0 Å². The van der Waals surface area contributed by atoms with E-state index in [1.54, 1.807) is 0 Å². The van der Waals surface area contributed by atoms with Crippen LogP contribution in [0.3, 0.4) is 0 Å². The second kappa shape index (κ2) is 3.30. The maximum atomic E-state index is 12.7. The summed E-state index contributed by atoms with van der Waals surface area (Å²) >= 11 is 0. The zero-order chi connectivity index (χ0) is 9.14. The predicted octanol–water partition coefficient (Wildman–Crippen LogP) is 1.55. The first-order valence-corrected chi connectivity index (χ1v) is 3.11. The first-order chi connectivity index (χ1) is 5.66. The lowest BCUT2D eigenvalue weighted by molar-refractivity contribution is 0.0594. The Morgan fingerprint density at radius 1 is 1.58 bits per heavy atom. The normalized spacial score (nSPS) is 9.58. The van der Waals surface area contributed by atoms with Gasteiger partial charge in [0.05, 0.1) is 12.7 Å². The molecule has 63 valence electrons. The fourth-order valence-corrected chi connectivity index (χ4v) is 0.721. The molecule has 0 aliphatic heterocycles. The number of carbonyl (C=O) groups is 1. The van der Waals surface area contributed by atoms with E-state index in [2.05, 4.69) is 4.74 Å². The highest BCUT2D eigenvalue weighted by molar-refractivity contribution is 5.89. The SMILES string of the molecule is COC(=O)c1cc[c]c(F)c1F. The summed E-state index contributed by atoms with van der Waals surface area (Å²) in [6.45, 7) is 0. The van der Waals surface area contributed by atoms with Crippen LogP contribution in [-0.4, -0.2) is 13.1 Å². The molecule has 0 bridgehead atoms. The average molecular weight is 171 g/mol. The van der Waals surface area contributed by atoms with Crippen LogP contribution in [0, 0.1) is 17.7 Å². The Bertz CT molecular complexity index is 310. The molecule has 2 nitrogen and oxygen atoms in total. The maximum Gasteiger partial charge on any atom is 0.340 e. The van der Waals surface area contributed by atoms with E-state index in [-0.39, 0.29) is 0 Å². The van der Waals surface area contributed by atoms with E-state index in [0.29, 0.717) is 0 Å². The minimum absolute atomic E-state index is 0.422. The molecule has 0 heterocycles. The predicted molar refractivity (Wildman–Crippen MR) is 36.5 cm³/mol. The van der Waals surface area contributed by atoms with Gasteiger partial charge in [0.1, 0.15) is 0 Å². The van der Waals surface area contributed by atoms with Gasteiger partial charge in [-0.1, -0.05) is 6.07 Å². The van der Waals surface area contributed by atoms with E-state index in [9.17, 15) is 13.6 Å². The smallest absolute Gasteiger partial charge is 0.340 e. The van der Waals surface area contributed by atoms with Crippen molar-refractivity contribution in [3.05, 3.63) is 35.4 Å². The largest absolute Gasteiger partial charge is 0.465 e. The Labute approximate surface area is 67.8 Å². The zero-order valence-electron chi connectivity index (χ0n) is 6.23. The first kappa shape index (κ1) is 8.64. The van der Waals surface area contributed by atoms with Crippen LogP contribution < -0.4 is 0 Å². The van der Waals surface area contributed by atoms with Crippen molar-refractivity contribution in [2.24, 2.45) is 0 Å². The minimum atomic E-state index is -1.23. The molecule has 1 aromatic rings. The second-order valence-electron chi connectivity index (χ2n) is 2.01. The molecule has 0 saturated carbocycles. The van der Waals surface area contributed by atoms with Gasteiger partial charge in [-0.15, -0.1) is 0 Å². The lowest BCUT2D eigenvalue weighted by Gasteiger charge is -1.99. The van der Waals surface area contributed by atoms with Crippen molar-refractivity contribution in [2.75, 3.05) is 7.11 Å². The first-order valence-electron chi connectivity index (χ1n) is 3.11. The van der Waals surface area contributed by atoms with Gasteiger partial charge in [-0.2, -0.15) is 0 Å². The quantitative estimate of drug-likeness (QED) is 0.599. The third-order valence-electron chi connectivity index (χ3n) is 1.29. The van der Waals surface area contributed by atoms with E-state index in [1.807, 2.05) is 6.07 Å². The molecule has 0 amide bonds. The van der Waals surface area contributed by atoms with Crippen molar-refractivity contribution in [3.63, 3.8) is 0 Å². The van der Waals surface area contributed by atoms with Gasteiger partial charge >= 0.3 is 5.97 Å². The van der Waals surface area contributed by atoms with Crippen LogP contribution in [0.4, 0.5) is 8.78 Å². The molecule has 1 radical (unpaired) electrons. The van der Waals surface area contributed by atoms with E-state index in [0.717, 1.165) is 19.2 Å². The van der Waals surface area contributed by atoms with Crippen LogP contribution in [0.1, 0.15) is 10.4 Å². The number of hydrogen-bond donors (Lipinski definition) is 0. The van der Waals surface area contributed by atoms with Gasteiger partial charge in [0.15, 0.2) is 11.6 Å². The molecule has 0 aliphatic rings. The lowest BCUT2D eigenvalue weighted by atomic mass is 10.2. The Morgan fingerprint density at radius 3 is 2.83 bits per heavy atom. The van der Waals surface area contributed by atoms with Crippen LogP contribution >= 0.6 is 0 Å². The molecule has 1 aromatic carbocycles. The van der Waals surface area contributed by atoms with Crippen LogP contribution in [0.2, 0.25) is 0 Å². The van der Waals surface area contributed by atoms with E-state index < -0.39 is 23.2 Å². The van der Waals surface area contributed by atoms with Gasteiger partial charge in [-0.25, -0.2) is 13.6 Å². The third kappa shape index (κ3) is 1.42. The second-order valence-corrected chi connectivity index (χ2v) is 2.01. The molecular weight excluding hydrogens is 166 g/mol. The van der Waals surface area contributed by atoms with Gasteiger partial charge in [-0.05, 0) is 6.07 Å². The highest BCUT2D eigenvalue weighted by atomic mass is 19.2. The lowest BCUT2D eigenvalue weighted by Crippen LogP contribution is -2.05. The van der Waals surface area contributed by atoms with Gasteiger partial charge in [0.2, 0.25) is 0 Å². The summed E-state index contributed by atoms with van der Waals surface area (Å²) in [5.74, 6) is -3.32. The Balaban J connectivity index is 3.16. The summed E-state index contributed by atoms with van der Waals surface area (Å²) in [6.07, 6.45) is 0. The minimum Gasteiger partial charge on any atom is -0.465 e. The van der Waals surface area contributed by atoms with Gasteiger partial charge in [0, 0.05) is 6.07 Å². The number of methoxy groups -OCH3 is 1. The molecule has 0 N–H and O–H groups in total. The van der Waals surface area contributed by atoms with Crippen molar-refractivity contribution in [1.29, 1.82) is 0 Å². The third-order valence-corrected chi connectivity index (χ3v) is 1.29. The van der Waals surface area contributed by atoms with Gasteiger partial charge < -0.3 is 4.74 Å². The molecule has 0 atom stereocenters. The molecule has 12 heavy (non-hydrogen) atoms. The van der Waals surface area contributed by atoms with E-state index in [4.69, 9.17) is 0 Å². The molecule has 1 rings (SSSR count). The number of rotatable bonds is 1. The Morgan fingerprint density at radius 2 is 2.25 bits per heavy atom. The summed E-state index contributed by atoms with van der Waals surface area (Å²) in [4.78, 5) is 10.7. The number of esters is 1. The molecule has 0 saturated heterocycles. The van der Waals surface area contributed by atoms with Crippen LogP contribution in [0.15, 0.2) is 12.1 Å². The standard InChI is InChI=1S/C8H5F2O2/c1-12-8(11)5-3-2-4-6(9)7(5)10/h2-3H,1H3. The van der Waals surface area contributed by atoms with Crippen LogP contribution in [0.25, 0.3) is 0 Å². The maximum absolute atomic E-state index is 12.7. The number of benzene rings is 1. The average Bonchev–Trinajstić information content (AvgIpc) is 2.08. The van der Waals surface area contributed by atoms with Crippen molar-refractivity contribution in [1.82, 2.24) is 0 Å². The summed E-state index contributed by atoms with van der Waals surface area (Å²) < 4.78 is 29.4. The summed E-state index contributed by atoms with van der Waals surface area (Å²) in [5.41, 5.74) is -0.422. The van der Waals surface area contributed by atoms with Crippen LogP contribution in [-0.2, 0) is 4.74 Å². The van der Waals surface area contributed by atoms with E-state index in [1.165, 1.54) is 0 Å². The molecule has 0 fully saturated rings. The van der Waals surface area contributed by atoms with Crippen LogP contribution in [0.5, 0.6) is 0 Å². The Kier molecular flexibility index (Phi) is 2.38. The molecule has 0 aromatic heterocycles. The fraction of sp³-hybridized carbons (Fsp3) is 0.125. The molecule has 0 spiro atoms. The monoisotopic (exact) mass is 171 g/mol. The summed E-state index contributed by atoms with van der Waals surface area (Å²) in [5, 5.41) is 0. The highest BCUT2D eigenvalue weighted by Gasteiger charge is 2.14. The number of hydrogen-bond acceptors (Lipinski definition) is 2. The van der Waals surface area contributed by atoms with Crippen molar-refractivity contribution < 1.29 is 18.3 Å². The summed E-state index contributed by atoms with van der Waals surface area (Å²) in [6, 6.07) is 4.19. The molecule has 4 heteroatoms. The Hall–Kier alpha value is -1.45. The molecule has 0 unspecified atom stereocenters. The van der Waals surface area contributed by atoms with Gasteiger partial charge in [0.25, 0.3) is 0 Å². The van der Waals surface area contributed by atoms with Crippen molar-refractivity contribution >= 4 is 5.97 Å². The zero-order valence-corrected chi connectivity index (χ0v) is 6.23. The molecular formula is C8H5F2O2. The highest BCUT2D eigenvalue weighted by Crippen LogP contribution is 2.11. The molecule has 0 aliphatic carbocycles. The number of halogens is 2. The topological polar surface area (TPSA) is 26.3 Å². The number of carbonyl (C=O) groups excluding carboxylic acids is 1. The van der Waals surface area contributed by atoms with Gasteiger partial charge in [-0.3, -0.25) is 0 Å². The van der Waals surface area contributed by atoms with Crippen molar-refractivity contribution in [2.45, 2.75) is 0 Å². The van der Waals surface area contributed by atoms with E-state index >= 15 is 0 Å².